The first-order valence-corrected chi connectivity index (χ1v) is 5.96. The lowest BCUT2D eigenvalue weighted by Gasteiger charge is -2.07. The van der Waals surface area contributed by atoms with E-state index in [1.807, 2.05) is 0 Å². The average molecular weight is 320 g/mol. The monoisotopic (exact) mass is 318 g/mol. The predicted octanol–water partition coefficient (Wildman–Crippen LogP) is 3.42. The molecule has 0 aliphatic heterocycles. The van der Waals surface area contributed by atoms with Gasteiger partial charge in [0.25, 0.3) is 5.91 Å². The van der Waals surface area contributed by atoms with Gasteiger partial charge in [-0.05, 0) is 28.1 Å². The van der Waals surface area contributed by atoms with Gasteiger partial charge in [0.1, 0.15) is 5.69 Å². The van der Waals surface area contributed by atoms with Crippen LogP contribution in [0.2, 0.25) is 5.02 Å². The third-order valence-corrected chi connectivity index (χ3v) is 3.28. The Morgan fingerprint density at radius 3 is 2.71 bits per heavy atom. The number of hydrogen-bond donors (Lipinski definition) is 1. The van der Waals surface area contributed by atoms with E-state index in [4.69, 9.17) is 11.6 Å². The molecule has 0 aliphatic carbocycles. The van der Waals surface area contributed by atoms with E-state index in [1.54, 1.807) is 20.2 Å². The number of rotatable bonds is 1. The number of hydrogen-bond acceptors (Lipinski definition) is 1. The van der Waals surface area contributed by atoms with E-state index in [-0.39, 0.29) is 15.9 Å². The second-order valence-electron chi connectivity index (χ2n) is 3.83. The van der Waals surface area contributed by atoms with Crippen molar-refractivity contribution in [2.75, 3.05) is 14.1 Å². The minimum absolute atomic E-state index is 0.229. The van der Waals surface area contributed by atoms with Crippen LogP contribution in [0, 0.1) is 5.82 Å². The zero-order valence-corrected chi connectivity index (χ0v) is 11.5. The number of carbonyl (C=O) groups excluding carboxylic acids is 1. The van der Waals surface area contributed by atoms with Gasteiger partial charge in [-0.1, -0.05) is 11.6 Å². The highest BCUT2D eigenvalue weighted by Gasteiger charge is 2.17. The van der Waals surface area contributed by atoms with Crippen LogP contribution in [0.4, 0.5) is 4.39 Å². The topological polar surface area (TPSA) is 36.1 Å². The van der Waals surface area contributed by atoms with E-state index in [0.717, 1.165) is 0 Å². The molecule has 2 aromatic rings. The second kappa shape index (κ2) is 4.31. The third kappa shape index (κ3) is 2.05. The van der Waals surface area contributed by atoms with Crippen molar-refractivity contribution in [3.63, 3.8) is 0 Å². The van der Waals surface area contributed by atoms with Crippen LogP contribution in [-0.4, -0.2) is 29.9 Å². The lowest BCUT2D eigenvalue weighted by atomic mass is 10.2. The SMILES string of the molecule is CN(C)C(=O)c1cc2c(Cl)cc(Br)c(F)c2[nH]1. The molecule has 6 heteroatoms. The van der Waals surface area contributed by atoms with Gasteiger partial charge in [-0.2, -0.15) is 0 Å². The van der Waals surface area contributed by atoms with E-state index in [2.05, 4.69) is 20.9 Å². The van der Waals surface area contributed by atoms with Crippen molar-refractivity contribution in [1.82, 2.24) is 9.88 Å². The van der Waals surface area contributed by atoms with Gasteiger partial charge < -0.3 is 9.88 Å². The number of carbonyl (C=O) groups is 1. The Bertz CT molecular complexity index is 609. The summed E-state index contributed by atoms with van der Waals surface area (Å²) in [6.45, 7) is 0. The molecule has 0 atom stereocenters. The summed E-state index contributed by atoms with van der Waals surface area (Å²) in [5.41, 5.74) is 0.540. The number of benzene rings is 1. The molecule has 0 fully saturated rings. The van der Waals surface area contributed by atoms with Gasteiger partial charge in [0.15, 0.2) is 5.82 Å². The van der Waals surface area contributed by atoms with Crippen LogP contribution in [0.15, 0.2) is 16.6 Å². The van der Waals surface area contributed by atoms with E-state index < -0.39 is 5.82 Å². The molecule has 0 aliphatic rings. The Balaban J connectivity index is 2.69. The Labute approximate surface area is 111 Å². The van der Waals surface area contributed by atoms with Crippen LogP contribution in [0.1, 0.15) is 10.5 Å². The molecule has 1 aromatic carbocycles. The molecule has 2 rings (SSSR count). The number of amides is 1. The van der Waals surface area contributed by atoms with E-state index in [1.165, 1.54) is 11.0 Å². The first kappa shape index (κ1) is 12.4. The molecule has 0 saturated carbocycles. The predicted molar refractivity (Wildman–Crippen MR) is 69.0 cm³/mol. The van der Waals surface area contributed by atoms with E-state index >= 15 is 0 Å². The Kier molecular flexibility index (Phi) is 3.14. The molecule has 1 amide bonds. The first-order valence-electron chi connectivity index (χ1n) is 4.79. The number of halogens is 3. The molecule has 17 heavy (non-hydrogen) atoms. The fourth-order valence-electron chi connectivity index (χ4n) is 1.54. The highest BCUT2D eigenvalue weighted by atomic mass is 79.9. The molecular weight excluding hydrogens is 310 g/mol. The quantitative estimate of drug-likeness (QED) is 0.803. The summed E-state index contributed by atoms with van der Waals surface area (Å²) in [5.74, 6) is -0.685. The molecule has 0 spiro atoms. The average Bonchev–Trinajstić information content (AvgIpc) is 2.70. The lowest BCUT2D eigenvalue weighted by Crippen LogP contribution is -2.21. The van der Waals surface area contributed by atoms with Gasteiger partial charge in [-0.15, -0.1) is 0 Å². The van der Waals surface area contributed by atoms with Crippen molar-refractivity contribution >= 4 is 44.3 Å². The van der Waals surface area contributed by atoms with E-state index in [9.17, 15) is 9.18 Å². The fourth-order valence-corrected chi connectivity index (χ4v) is 2.36. The maximum absolute atomic E-state index is 13.8. The van der Waals surface area contributed by atoms with Gasteiger partial charge in [0.2, 0.25) is 0 Å². The number of aromatic amines is 1. The summed E-state index contributed by atoms with van der Waals surface area (Å²) < 4.78 is 14.1. The molecule has 1 heterocycles. The highest BCUT2D eigenvalue weighted by Crippen LogP contribution is 2.32. The molecule has 0 unspecified atom stereocenters. The highest BCUT2D eigenvalue weighted by molar-refractivity contribution is 9.10. The Morgan fingerprint density at radius 1 is 1.47 bits per heavy atom. The van der Waals surface area contributed by atoms with Gasteiger partial charge in [0, 0.05) is 19.5 Å². The molecule has 90 valence electrons. The first-order chi connectivity index (χ1) is 7.91. The normalized spacial score (nSPS) is 10.9. The van der Waals surface area contributed by atoms with Gasteiger partial charge in [-0.3, -0.25) is 4.79 Å². The minimum Gasteiger partial charge on any atom is -0.348 e. The van der Waals surface area contributed by atoms with Crippen molar-refractivity contribution in [2.24, 2.45) is 0 Å². The zero-order valence-electron chi connectivity index (χ0n) is 9.14. The Morgan fingerprint density at radius 2 is 2.12 bits per heavy atom. The van der Waals surface area contributed by atoms with Crippen LogP contribution in [0.3, 0.4) is 0 Å². The molecule has 1 aromatic heterocycles. The van der Waals surface area contributed by atoms with Crippen LogP contribution in [0.25, 0.3) is 10.9 Å². The van der Waals surface area contributed by atoms with E-state index in [0.29, 0.717) is 16.1 Å². The van der Waals surface area contributed by atoms with Crippen LogP contribution in [-0.2, 0) is 0 Å². The summed E-state index contributed by atoms with van der Waals surface area (Å²) in [6, 6.07) is 3.02. The number of fused-ring (bicyclic) bond motifs is 1. The fraction of sp³-hybridized carbons (Fsp3) is 0.182. The van der Waals surface area contributed by atoms with Crippen molar-refractivity contribution in [2.45, 2.75) is 0 Å². The number of nitrogens with one attached hydrogen (secondary N) is 1. The van der Waals surface area contributed by atoms with Crippen molar-refractivity contribution < 1.29 is 9.18 Å². The molecular formula is C11H9BrClFN2O. The van der Waals surface area contributed by atoms with Gasteiger partial charge in [-0.25, -0.2) is 4.39 Å². The smallest absolute Gasteiger partial charge is 0.269 e. The largest absolute Gasteiger partial charge is 0.348 e. The van der Waals surface area contributed by atoms with Crippen LogP contribution < -0.4 is 0 Å². The maximum atomic E-state index is 13.8. The van der Waals surface area contributed by atoms with Crippen molar-refractivity contribution in [1.29, 1.82) is 0 Å². The van der Waals surface area contributed by atoms with Gasteiger partial charge >= 0.3 is 0 Å². The molecule has 3 nitrogen and oxygen atoms in total. The molecule has 0 bridgehead atoms. The molecule has 0 saturated heterocycles. The zero-order chi connectivity index (χ0) is 12.7. The summed E-state index contributed by atoms with van der Waals surface area (Å²) in [6.07, 6.45) is 0. The second-order valence-corrected chi connectivity index (χ2v) is 5.09. The van der Waals surface area contributed by atoms with Crippen LogP contribution in [0.5, 0.6) is 0 Å². The number of nitrogens with zero attached hydrogens (tertiary/aromatic N) is 1. The molecule has 1 N–H and O–H groups in total. The minimum atomic E-state index is -0.456. The van der Waals surface area contributed by atoms with Crippen molar-refractivity contribution in [3.8, 4) is 0 Å². The molecule has 0 radical (unpaired) electrons. The van der Waals surface area contributed by atoms with Gasteiger partial charge in [0.05, 0.1) is 15.0 Å². The Hall–Kier alpha value is -1.07. The van der Waals surface area contributed by atoms with Crippen molar-refractivity contribution in [3.05, 3.63) is 33.1 Å². The lowest BCUT2D eigenvalue weighted by molar-refractivity contribution is 0.0823. The summed E-state index contributed by atoms with van der Waals surface area (Å²) in [5, 5.41) is 0.889. The standard InChI is InChI=1S/C11H9BrClFN2O/c1-16(2)11(17)8-3-5-7(13)4-6(12)9(14)10(5)15-8/h3-4,15H,1-2H3. The summed E-state index contributed by atoms with van der Waals surface area (Å²) in [7, 11) is 3.25. The van der Waals surface area contributed by atoms with Crippen LogP contribution >= 0.6 is 27.5 Å². The third-order valence-electron chi connectivity index (χ3n) is 2.39. The summed E-state index contributed by atoms with van der Waals surface area (Å²) >= 11 is 9.06. The number of H-pyrrole nitrogens is 1. The maximum Gasteiger partial charge on any atom is 0.269 e. The number of aromatic nitrogens is 1. The summed E-state index contributed by atoms with van der Waals surface area (Å²) in [4.78, 5) is 15.9.